The molecule has 0 aliphatic carbocycles. The summed E-state index contributed by atoms with van der Waals surface area (Å²) >= 11 is 0. The van der Waals surface area contributed by atoms with E-state index >= 15 is 0 Å². The minimum atomic E-state index is -1.19. The summed E-state index contributed by atoms with van der Waals surface area (Å²) in [7, 11) is -1.19. The van der Waals surface area contributed by atoms with Gasteiger partial charge < -0.3 is 0 Å². The molecule has 0 aliphatic heterocycles. The van der Waals surface area contributed by atoms with Gasteiger partial charge in [0.25, 0.3) is 0 Å². The van der Waals surface area contributed by atoms with E-state index in [0.717, 1.165) is 6.04 Å². The van der Waals surface area contributed by atoms with Crippen LogP contribution in [0.4, 0.5) is 0 Å². The van der Waals surface area contributed by atoms with Crippen molar-refractivity contribution in [3.05, 3.63) is 36.6 Å². The van der Waals surface area contributed by atoms with Gasteiger partial charge in [0.2, 0.25) is 0 Å². The van der Waals surface area contributed by atoms with E-state index < -0.39 is 8.07 Å². The number of hydrogen-bond donors (Lipinski definition) is 0. The predicted octanol–water partition coefficient (Wildman–Crippen LogP) is 2.24. The molecule has 0 atom stereocenters. The van der Waals surface area contributed by atoms with Gasteiger partial charge in [-0.05, 0) is 17.7 Å². The van der Waals surface area contributed by atoms with Crippen LogP contribution in [-0.2, 0) is 6.04 Å². The Balaban J connectivity index is 2.66. The third-order valence-electron chi connectivity index (χ3n) is 1.41. The second kappa shape index (κ2) is 3.18. The quantitative estimate of drug-likeness (QED) is 0.611. The molecule has 59 valence electrons. The second-order valence-electron chi connectivity index (χ2n) is 3.70. The Bertz CT molecular complexity index is 213. The first kappa shape index (κ1) is 8.46. The Labute approximate surface area is 69.5 Å². The average molecular weight is 164 g/mol. The lowest BCUT2D eigenvalue weighted by atomic mass is 10.3. The molecule has 1 heterocycles. The molecule has 1 radical (unpaired) electrons. The third kappa shape index (κ3) is 3.32. The van der Waals surface area contributed by atoms with E-state index in [0.29, 0.717) is 0 Å². The maximum atomic E-state index is 4.18. The molecular formula is C9H14NSi. The summed E-state index contributed by atoms with van der Waals surface area (Å²) in [6, 6.07) is 5.23. The van der Waals surface area contributed by atoms with Crippen LogP contribution in [0.1, 0.15) is 5.56 Å². The van der Waals surface area contributed by atoms with E-state index in [9.17, 15) is 0 Å². The van der Waals surface area contributed by atoms with Crippen LogP contribution in [0, 0.1) is 6.55 Å². The molecule has 0 aromatic carbocycles. The van der Waals surface area contributed by atoms with E-state index in [1.54, 1.807) is 6.20 Å². The molecular weight excluding hydrogens is 150 g/mol. The fourth-order valence-electron chi connectivity index (χ4n) is 1.06. The van der Waals surface area contributed by atoms with Gasteiger partial charge in [-0.3, -0.25) is 4.98 Å². The highest BCUT2D eigenvalue weighted by molar-refractivity contribution is 6.78. The van der Waals surface area contributed by atoms with Gasteiger partial charge in [0.1, 0.15) is 0 Å². The molecule has 1 nitrogen and oxygen atoms in total. The van der Waals surface area contributed by atoms with Crippen molar-refractivity contribution in [1.82, 2.24) is 4.98 Å². The van der Waals surface area contributed by atoms with Crippen molar-refractivity contribution in [2.45, 2.75) is 19.1 Å². The molecule has 1 rings (SSSR count). The maximum absolute atomic E-state index is 4.18. The highest BCUT2D eigenvalue weighted by Crippen LogP contribution is 2.08. The van der Waals surface area contributed by atoms with Crippen molar-refractivity contribution < 1.29 is 0 Å². The third-order valence-corrected chi connectivity index (χ3v) is 2.77. The van der Waals surface area contributed by atoms with Crippen LogP contribution in [0.5, 0.6) is 0 Å². The van der Waals surface area contributed by atoms with E-state index in [1.165, 1.54) is 5.56 Å². The summed E-state index contributed by atoms with van der Waals surface area (Å²) in [6.45, 7) is 8.70. The van der Waals surface area contributed by atoms with Crippen molar-refractivity contribution in [3.63, 3.8) is 0 Å². The minimum absolute atomic E-state index is 1.13. The zero-order chi connectivity index (χ0) is 8.32. The van der Waals surface area contributed by atoms with Crippen molar-refractivity contribution >= 4 is 8.07 Å². The lowest BCUT2D eigenvalue weighted by molar-refractivity contribution is 1.22. The monoisotopic (exact) mass is 164 g/mol. The summed E-state index contributed by atoms with van der Waals surface area (Å²) in [4.78, 5) is 4.06. The first-order valence-corrected chi connectivity index (χ1v) is 7.24. The number of hydrogen-bond acceptors (Lipinski definition) is 1. The molecule has 0 unspecified atom stereocenters. The molecule has 11 heavy (non-hydrogen) atoms. The van der Waals surface area contributed by atoms with Crippen molar-refractivity contribution in [2.75, 3.05) is 0 Å². The average Bonchev–Trinajstić information content (AvgIpc) is 1.85. The van der Waals surface area contributed by atoms with Gasteiger partial charge in [0.05, 0.1) is 8.07 Å². The summed E-state index contributed by atoms with van der Waals surface area (Å²) in [5, 5.41) is 0. The molecule has 0 saturated carbocycles. The maximum Gasteiger partial charge on any atom is 0.0515 e. The molecule has 0 spiro atoms. The van der Waals surface area contributed by atoms with Crippen LogP contribution in [0.25, 0.3) is 0 Å². The Morgan fingerprint density at radius 1 is 1.55 bits per heavy atom. The van der Waals surface area contributed by atoms with Gasteiger partial charge >= 0.3 is 0 Å². The molecule has 1 aromatic rings. The minimum Gasteiger partial charge on any atom is -0.264 e. The second-order valence-corrected chi connectivity index (χ2v) is 8.38. The fourth-order valence-corrected chi connectivity index (χ4v) is 2.37. The zero-order valence-corrected chi connectivity index (χ0v) is 8.17. The van der Waals surface area contributed by atoms with E-state index in [-0.39, 0.29) is 0 Å². The van der Waals surface area contributed by atoms with Crippen LogP contribution in [0.3, 0.4) is 0 Å². The number of rotatable bonds is 2. The predicted molar refractivity (Wildman–Crippen MR) is 50.8 cm³/mol. The largest absolute Gasteiger partial charge is 0.264 e. The van der Waals surface area contributed by atoms with Gasteiger partial charge in [-0.2, -0.15) is 0 Å². The molecule has 0 N–H and O–H groups in total. The Kier molecular flexibility index (Phi) is 2.44. The molecule has 0 fully saturated rings. The topological polar surface area (TPSA) is 12.9 Å². The molecule has 1 aromatic heterocycles. The lowest BCUT2D eigenvalue weighted by Crippen LogP contribution is -2.24. The van der Waals surface area contributed by atoms with Gasteiger partial charge in [-0.15, -0.1) is 0 Å². The SMILES string of the molecule is [CH2][Si](C)(C)Cc1cccnc1. The first-order chi connectivity index (χ1) is 5.08. The Hall–Kier alpha value is -0.633. The van der Waals surface area contributed by atoms with E-state index in [1.807, 2.05) is 12.3 Å². The molecule has 0 amide bonds. The standard InChI is InChI=1S/C9H14NSi/c1-11(2,3)8-9-5-4-6-10-7-9/h4-7H,1,8H2,2-3H3. The molecule has 0 aliphatic rings. The number of aromatic nitrogens is 1. The van der Waals surface area contributed by atoms with E-state index in [4.69, 9.17) is 0 Å². The van der Waals surface area contributed by atoms with Crippen LogP contribution in [0.2, 0.25) is 13.1 Å². The Morgan fingerprint density at radius 2 is 2.27 bits per heavy atom. The van der Waals surface area contributed by atoms with Gasteiger partial charge in [0.15, 0.2) is 0 Å². The van der Waals surface area contributed by atoms with Gasteiger partial charge in [0, 0.05) is 12.4 Å². The number of nitrogens with zero attached hydrogens (tertiary/aromatic N) is 1. The van der Waals surface area contributed by atoms with Gasteiger partial charge in [-0.1, -0.05) is 25.7 Å². The van der Waals surface area contributed by atoms with Crippen LogP contribution in [0.15, 0.2) is 24.5 Å². The van der Waals surface area contributed by atoms with Crippen LogP contribution >= 0.6 is 0 Å². The van der Waals surface area contributed by atoms with Crippen LogP contribution in [-0.4, -0.2) is 13.1 Å². The highest BCUT2D eigenvalue weighted by atomic mass is 28.3. The number of pyridine rings is 1. The van der Waals surface area contributed by atoms with Crippen molar-refractivity contribution in [1.29, 1.82) is 0 Å². The molecule has 0 bridgehead atoms. The smallest absolute Gasteiger partial charge is 0.0515 e. The van der Waals surface area contributed by atoms with E-state index in [2.05, 4.69) is 30.7 Å². The summed E-state index contributed by atoms with van der Waals surface area (Å²) < 4.78 is 0. The summed E-state index contributed by atoms with van der Waals surface area (Å²) in [6.07, 6.45) is 3.74. The van der Waals surface area contributed by atoms with Crippen molar-refractivity contribution in [3.8, 4) is 0 Å². The first-order valence-electron chi connectivity index (χ1n) is 3.82. The fraction of sp³-hybridized carbons (Fsp3) is 0.333. The Morgan fingerprint density at radius 3 is 2.73 bits per heavy atom. The molecule has 0 saturated heterocycles. The van der Waals surface area contributed by atoms with Gasteiger partial charge in [-0.25, -0.2) is 0 Å². The highest BCUT2D eigenvalue weighted by Gasteiger charge is 2.13. The zero-order valence-electron chi connectivity index (χ0n) is 7.17. The lowest BCUT2D eigenvalue weighted by Gasteiger charge is -2.14. The normalized spacial score (nSPS) is 11.5. The summed E-state index contributed by atoms with van der Waals surface area (Å²) in [5.41, 5.74) is 1.32. The molecule has 2 heteroatoms. The van der Waals surface area contributed by atoms with Crippen LogP contribution < -0.4 is 0 Å². The van der Waals surface area contributed by atoms with Crippen molar-refractivity contribution in [2.24, 2.45) is 0 Å². The summed E-state index contributed by atoms with van der Waals surface area (Å²) in [5.74, 6) is 0.